The third-order valence-electron chi connectivity index (χ3n) is 2.40. The summed E-state index contributed by atoms with van der Waals surface area (Å²) in [6.07, 6.45) is 3.17. The van der Waals surface area contributed by atoms with Gasteiger partial charge in [0, 0.05) is 19.7 Å². The Morgan fingerprint density at radius 1 is 1.17 bits per heavy atom. The van der Waals surface area contributed by atoms with Crippen LogP contribution >= 0.6 is 0 Å². The first kappa shape index (κ1) is 12.0. The van der Waals surface area contributed by atoms with E-state index in [2.05, 4.69) is 15.3 Å². The minimum Gasteiger partial charge on any atom is -0.324 e. The van der Waals surface area contributed by atoms with E-state index in [0.717, 1.165) is 5.69 Å². The molecule has 0 bridgehead atoms. The van der Waals surface area contributed by atoms with Crippen molar-refractivity contribution in [3.63, 3.8) is 0 Å². The van der Waals surface area contributed by atoms with E-state index in [1.165, 1.54) is 6.92 Å². The third kappa shape index (κ3) is 2.82. The van der Waals surface area contributed by atoms with E-state index in [4.69, 9.17) is 0 Å². The number of carbonyl (C=O) groups excluding carboxylic acids is 1. The summed E-state index contributed by atoms with van der Waals surface area (Å²) in [5, 5.41) is 2.63. The number of nitrogens with zero attached hydrogens (tertiary/aromatic N) is 3. The molecule has 2 aromatic rings. The van der Waals surface area contributed by atoms with Gasteiger partial charge >= 0.3 is 0 Å². The molecule has 1 amide bonds. The molecule has 1 aromatic heterocycles. The second-order valence-corrected chi connectivity index (χ2v) is 3.85. The average Bonchev–Trinajstić information content (AvgIpc) is 2.39. The van der Waals surface area contributed by atoms with Gasteiger partial charge in [0.25, 0.3) is 0 Å². The number of anilines is 3. The lowest BCUT2D eigenvalue weighted by Gasteiger charge is -2.16. The molecule has 0 aliphatic heterocycles. The van der Waals surface area contributed by atoms with Gasteiger partial charge in [0.1, 0.15) is 0 Å². The maximum Gasteiger partial charge on any atom is 0.229 e. The van der Waals surface area contributed by atoms with Crippen molar-refractivity contribution < 1.29 is 4.79 Å². The summed E-state index contributed by atoms with van der Waals surface area (Å²) in [5.74, 6) is 0.443. The first-order chi connectivity index (χ1) is 8.66. The molecule has 1 heterocycles. The minimum atomic E-state index is -0.136. The second-order valence-electron chi connectivity index (χ2n) is 3.85. The molecular formula is C13H14N4O. The lowest BCUT2D eigenvalue weighted by atomic mass is 10.3. The largest absolute Gasteiger partial charge is 0.324 e. The number of rotatable bonds is 3. The molecule has 0 radical (unpaired) electrons. The molecule has 0 atom stereocenters. The zero-order valence-corrected chi connectivity index (χ0v) is 10.3. The van der Waals surface area contributed by atoms with Crippen molar-refractivity contribution >= 4 is 23.2 Å². The predicted molar refractivity (Wildman–Crippen MR) is 70.8 cm³/mol. The number of hydrogen-bond donors (Lipinski definition) is 1. The molecule has 0 aliphatic carbocycles. The molecule has 0 spiro atoms. The number of amides is 1. The van der Waals surface area contributed by atoms with Crippen LogP contribution in [0.1, 0.15) is 6.92 Å². The van der Waals surface area contributed by atoms with Crippen molar-refractivity contribution in [1.29, 1.82) is 0 Å². The highest BCUT2D eigenvalue weighted by Crippen LogP contribution is 2.19. The maximum absolute atomic E-state index is 10.9. The Balaban J connectivity index is 2.17. The van der Waals surface area contributed by atoms with Crippen LogP contribution in [0.2, 0.25) is 0 Å². The van der Waals surface area contributed by atoms with Gasteiger partial charge < -0.3 is 10.2 Å². The third-order valence-corrected chi connectivity index (χ3v) is 2.40. The molecule has 1 aromatic carbocycles. The van der Waals surface area contributed by atoms with Gasteiger partial charge in [-0.2, -0.15) is 0 Å². The monoisotopic (exact) mass is 242 g/mol. The quantitative estimate of drug-likeness (QED) is 0.896. The van der Waals surface area contributed by atoms with Crippen molar-refractivity contribution in [2.24, 2.45) is 0 Å². The van der Waals surface area contributed by atoms with Gasteiger partial charge in [-0.3, -0.25) is 4.79 Å². The Hall–Kier alpha value is -2.43. The molecule has 0 saturated carbocycles. The average molecular weight is 242 g/mol. The van der Waals surface area contributed by atoms with E-state index >= 15 is 0 Å². The summed E-state index contributed by atoms with van der Waals surface area (Å²) in [5.41, 5.74) is 1.59. The number of aromatic nitrogens is 2. The van der Waals surface area contributed by atoms with Crippen LogP contribution in [0.25, 0.3) is 0 Å². The number of carbonyl (C=O) groups is 1. The fourth-order valence-electron chi connectivity index (χ4n) is 1.53. The normalized spacial score (nSPS) is 9.89. The molecule has 92 valence electrons. The van der Waals surface area contributed by atoms with Gasteiger partial charge in [-0.25, -0.2) is 9.97 Å². The smallest absolute Gasteiger partial charge is 0.229 e. The van der Waals surface area contributed by atoms with Crippen LogP contribution in [-0.4, -0.2) is 22.9 Å². The first-order valence-corrected chi connectivity index (χ1v) is 5.55. The van der Waals surface area contributed by atoms with Crippen LogP contribution in [0.5, 0.6) is 0 Å². The van der Waals surface area contributed by atoms with E-state index in [1.807, 2.05) is 42.3 Å². The number of para-hydroxylation sites is 1. The van der Waals surface area contributed by atoms with Crippen molar-refractivity contribution in [2.75, 3.05) is 17.3 Å². The molecule has 5 nitrogen and oxygen atoms in total. The molecular weight excluding hydrogens is 228 g/mol. The highest BCUT2D eigenvalue weighted by Gasteiger charge is 2.06. The highest BCUT2D eigenvalue weighted by molar-refractivity contribution is 5.88. The Bertz CT molecular complexity index is 524. The van der Waals surface area contributed by atoms with Crippen LogP contribution in [0.4, 0.5) is 17.3 Å². The first-order valence-electron chi connectivity index (χ1n) is 5.55. The van der Waals surface area contributed by atoms with Crippen molar-refractivity contribution in [2.45, 2.75) is 6.92 Å². The van der Waals surface area contributed by atoms with Crippen LogP contribution in [0.3, 0.4) is 0 Å². The number of nitrogens with one attached hydrogen (secondary N) is 1. The molecule has 2 rings (SSSR count). The van der Waals surface area contributed by atoms with Crippen LogP contribution in [0, 0.1) is 0 Å². The van der Waals surface area contributed by atoms with E-state index in [9.17, 15) is 4.79 Å². The maximum atomic E-state index is 10.9. The fourth-order valence-corrected chi connectivity index (χ4v) is 1.53. The summed E-state index contributed by atoms with van der Waals surface area (Å²) in [6.45, 7) is 1.45. The Labute approximate surface area is 105 Å². The lowest BCUT2D eigenvalue weighted by Crippen LogP contribution is -2.13. The topological polar surface area (TPSA) is 58.1 Å². The lowest BCUT2D eigenvalue weighted by molar-refractivity contribution is -0.114. The van der Waals surface area contributed by atoms with Gasteiger partial charge in [0.15, 0.2) is 0 Å². The van der Waals surface area contributed by atoms with Crippen molar-refractivity contribution in [3.8, 4) is 0 Å². The minimum absolute atomic E-state index is 0.136. The van der Waals surface area contributed by atoms with Crippen LogP contribution in [0.15, 0.2) is 42.7 Å². The van der Waals surface area contributed by atoms with Gasteiger partial charge in [-0.05, 0) is 12.1 Å². The van der Waals surface area contributed by atoms with Gasteiger partial charge in [-0.15, -0.1) is 0 Å². The van der Waals surface area contributed by atoms with E-state index in [-0.39, 0.29) is 5.91 Å². The Morgan fingerprint density at radius 3 is 2.33 bits per heavy atom. The molecule has 5 heteroatoms. The van der Waals surface area contributed by atoms with Crippen molar-refractivity contribution in [3.05, 3.63) is 42.7 Å². The zero-order valence-electron chi connectivity index (χ0n) is 10.3. The summed E-state index contributed by atoms with van der Waals surface area (Å²) >= 11 is 0. The Kier molecular flexibility index (Phi) is 3.52. The van der Waals surface area contributed by atoms with E-state index < -0.39 is 0 Å². The van der Waals surface area contributed by atoms with Crippen molar-refractivity contribution in [1.82, 2.24) is 9.97 Å². The predicted octanol–water partition coefficient (Wildman–Crippen LogP) is 2.20. The van der Waals surface area contributed by atoms with Gasteiger partial charge in [0.2, 0.25) is 11.9 Å². The number of hydrogen-bond acceptors (Lipinski definition) is 4. The highest BCUT2D eigenvalue weighted by atomic mass is 16.1. The van der Waals surface area contributed by atoms with Gasteiger partial charge in [-0.1, -0.05) is 18.2 Å². The second kappa shape index (κ2) is 5.27. The van der Waals surface area contributed by atoms with Crippen LogP contribution < -0.4 is 10.2 Å². The molecule has 0 fully saturated rings. The van der Waals surface area contributed by atoms with Crippen LogP contribution in [-0.2, 0) is 4.79 Å². The number of benzene rings is 1. The summed E-state index contributed by atoms with van der Waals surface area (Å²) < 4.78 is 0. The SMILES string of the molecule is CC(=O)Nc1cnc(N(C)c2ccccc2)nc1. The molecule has 0 unspecified atom stereocenters. The zero-order chi connectivity index (χ0) is 13.0. The fraction of sp³-hybridized carbons (Fsp3) is 0.154. The standard InChI is InChI=1S/C13H14N4O/c1-10(18)16-11-8-14-13(15-9-11)17(2)12-6-4-3-5-7-12/h3-9H,1-2H3,(H,16,18). The summed E-state index contributed by atoms with van der Waals surface area (Å²) in [6, 6.07) is 9.82. The molecule has 0 saturated heterocycles. The van der Waals surface area contributed by atoms with Gasteiger partial charge in [0.05, 0.1) is 18.1 Å². The van der Waals surface area contributed by atoms with E-state index in [1.54, 1.807) is 12.4 Å². The molecule has 1 N–H and O–H groups in total. The Morgan fingerprint density at radius 2 is 1.78 bits per heavy atom. The summed E-state index contributed by atoms with van der Waals surface area (Å²) in [4.78, 5) is 21.2. The molecule has 0 aliphatic rings. The molecule has 18 heavy (non-hydrogen) atoms. The van der Waals surface area contributed by atoms with E-state index in [0.29, 0.717) is 11.6 Å². The summed E-state index contributed by atoms with van der Waals surface area (Å²) in [7, 11) is 1.89.